The van der Waals surface area contributed by atoms with Gasteiger partial charge in [-0.15, -0.1) is 0 Å². The molecule has 1 fully saturated rings. The van der Waals surface area contributed by atoms with Crippen LogP contribution in [-0.2, 0) is 9.47 Å². The quantitative estimate of drug-likeness (QED) is 0.782. The summed E-state index contributed by atoms with van der Waals surface area (Å²) in [6.07, 6.45) is 6.44. The van der Waals surface area contributed by atoms with E-state index < -0.39 is 0 Å². The van der Waals surface area contributed by atoms with Crippen molar-refractivity contribution in [1.82, 2.24) is 15.0 Å². The Morgan fingerprint density at radius 2 is 1.88 bits per heavy atom. The standard InChI is InChI=1S/C12H11N3O2/c1-2-10(12-16-5-6-17-12)15-7-9(1)11-8-13-3-4-14-11/h1-4,7-8,12H,5-6H2. The van der Waals surface area contributed by atoms with E-state index in [1.54, 1.807) is 24.8 Å². The SMILES string of the molecule is c1cnc(-c2ccc(C3OCCO3)nc2)cn1. The number of aromatic nitrogens is 3. The van der Waals surface area contributed by atoms with Crippen molar-refractivity contribution in [2.45, 2.75) is 6.29 Å². The van der Waals surface area contributed by atoms with Crippen LogP contribution in [0.15, 0.2) is 36.9 Å². The Hall–Kier alpha value is -1.85. The number of hydrogen-bond donors (Lipinski definition) is 0. The fraction of sp³-hybridized carbons (Fsp3) is 0.250. The van der Waals surface area contributed by atoms with Crippen LogP contribution >= 0.6 is 0 Å². The van der Waals surface area contributed by atoms with E-state index in [0.717, 1.165) is 17.0 Å². The topological polar surface area (TPSA) is 57.1 Å². The number of pyridine rings is 1. The van der Waals surface area contributed by atoms with Crippen LogP contribution in [0.5, 0.6) is 0 Å². The molecule has 0 spiro atoms. The summed E-state index contributed by atoms with van der Waals surface area (Å²) in [5.74, 6) is 0. The van der Waals surface area contributed by atoms with Crippen LogP contribution in [0, 0.1) is 0 Å². The van der Waals surface area contributed by atoms with Crippen molar-refractivity contribution in [3.8, 4) is 11.3 Å². The molecule has 0 aliphatic carbocycles. The summed E-state index contributed by atoms with van der Waals surface area (Å²) in [5, 5.41) is 0. The van der Waals surface area contributed by atoms with Gasteiger partial charge in [-0.2, -0.15) is 0 Å². The van der Waals surface area contributed by atoms with E-state index >= 15 is 0 Å². The molecule has 2 aromatic rings. The van der Waals surface area contributed by atoms with Crippen molar-refractivity contribution in [2.75, 3.05) is 13.2 Å². The zero-order valence-electron chi connectivity index (χ0n) is 9.11. The van der Waals surface area contributed by atoms with Crippen LogP contribution in [0.3, 0.4) is 0 Å². The zero-order chi connectivity index (χ0) is 11.5. The van der Waals surface area contributed by atoms with Crippen LogP contribution in [0.4, 0.5) is 0 Å². The van der Waals surface area contributed by atoms with Crippen LogP contribution in [0.1, 0.15) is 12.0 Å². The predicted octanol–water partition coefficient (Wildman–Crippen LogP) is 1.58. The van der Waals surface area contributed by atoms with Gasteiger partial charge in [-0.3, -0.25) is 15.0 Å². The van der Waals surface area contributed by atoms with Gasteiger partial charge in [0.25, 0.3) is 0 Å². The lowest BCUT2D eigenvalue weighted by Gasteiger charge is -2.08. The molecule has 0 unspecified atom stereocenters. The third-order valence-electron chi connectivity index (χ3n) is 2.51. The first kappa shape index (κ1) is 10.3. The molecule has 0 radical (unpaired) electrons. The maximum atomic E-state index is 5.37. The van der Waals surface area contributed by atoms with Crippen LogP contribution in [0.25, 0.3) is 11.3 Å². The summed E-state index contributed by atoms with van der Waals surface area (Å²) < 4.78 is 10.7. The van der Waals surface area contributed by atoms with Crippen molar-refractivity contribution >= 4 is 0 Å². The van der Waals surface area contributed by atoms with E-state index in [1.165, 1.54) is 0 Å². The van der Waals surface area contributed by atoms with Crippen molar-refractivity contribution < 1.29 is 9.47 Å². The highest BCUT2D eigenvalue weighted by Crippen LogP contribution is 2.23. The molecule has 5 heteroatoms. The maximum Gasteiger partial charge on any atom is 0.201 e. The van der Waals surface area contributed by atoms with Gasteiger partial charge in [0.15, 0.2) is 0 Å². The lowest BCUT2D eigenvalue weighted by atomic mass is 10.2. The molecule has 0 bridgehead atoms. The lowest BCUT2D eigenvalue weighted by molar-refractivity contribution is -0.0472. The minimum Gasteiger partial charge on any atom is -0.345 e. The molecule has 0 aromatic carbocycles. The molecule has 86 valence electrons. The minimum atomic E-state index is -0.328. The normalized spacial score (nSPS) is 16.2. The molecule has 0 N–H and O–H groups in total. The average molecular weight is 229 g/mol. The Balaban J connectivity index is 1.85. The second-order valence-corrected chi connectivity index (χ2v) is 3.64. The molecule has 5 nitrogen and oxygen atoms in total. The van der Waals surface area contributed by atoms with E-state index in [-0.39, 0.29) is 6.29 Å². The first-order chi connectivity index (χ1) is 8.43. The Morgan fingerprint density at radius 3 is 2.53 bits per heavy atom. The molecule has 17 heavy (non-hydrogen) atoms. The second kappa shape index (κ2) is 4.57. The molecule has 0 atom stereocenters. The van der Waals surface area contributed by atoms with Gasteiger partial charge in [0.1, 0.15) is 0 Å². The van der Waals surface area contributed by atoms with Gasteiger partial charge >= 0.3 is 0 Å². The maximum absolute atomic E-state index is 5.37. The first-order valence-electron chi connectivity index (χ1n) is 5.39. The zero-order valence-corrected chi connectivity index (χ0v) is 9.11. The highest BCUT2D eigenvalue weighted by Gasteiger charge is 2.19. The molecule has 1 aliphatic rings. The van der Waals surface area contributed by atoms with Gasteiger partial charge in [0.2, 0.25) is 6.29 Å². The van der Waals surface area contributed by atoms with E-state index in [4.69, 9.17) is 9.47 Å². The fourth-order valence-corrected chi connectivity index (χ4v) is 1.67. The highest BCUT2D eigenvalue weighted by molar-refractivity contribution is 5.56. The summed E-state index contributed by atoms with van der Waals surface area (Å²) in [7, 11) is 0. The molecule has 0 amide bonds. The number of ether oxygens (including phenoxy) is 2. The predicted molar refractivity (Wildman–Crippen MR) is 59.9 cm³/mol. The Labute approximate surface area is 98.5 Å². The number of nitrogens with zero attached hydrogens (tertiary/aromatic N) is 3. The molecular formula is C12H11N3O2. The number of rotatable bonds is 2. The Kier molecular flexibility index (Phi) is 2.77. The summed E-state index contributed by atoms with van der Waals surface area (Å²) >= 11 is 0. The van der Waals surface area contributed by atoms with Crippen molar-refractivity contribution in [3.05, 3.63) is 42.6 Å². The molecular weight excluding hydrogens is 218 g/mol. The summed E-state index contributed by atoms with van der Waals surface area (Å²) in [6, 6.07) is 3.83. The molecule has 2 aromatic heterocycles. The number of hydrogen-bond acceptors (Lipinski definition) is 5. The monoisotopic (exact) mass is 229 g/mol. The highest BCUT2D eigenvalue weighted by atomic mass is 16.7. The van der Waals surface area contributed by atoms with Crippen LogP contribution < -0.4 is 0 Å². The molecule has 1 saturated heterocycles. The van der Waals surface area contributed by atoms with Gasteiger partial charge in [-0.1, -0.05) is 0 Å². The summed E-state index contributed by atoms with van der Waals surface area (Å²) in [4.78, 5) is 12.6. The van der Waals surface area contributed by atoms with E-state index in [0.29, 0.717) is 13.2 Å². The van der Waals surface area contributed by atoms with E-state index in [1.807, 2.05) is 12.1 Å². The van der Waals surface area contributed by atoms with Crippen LogP contribution in [-0.4, -0.2) is 28.2 Å². The molecule has 1 aliphatic heterocycles. The van der Waals surface area contributed by atoms with Gasteiger partial charge < -0.3 is 9.47 Å². The Bertz CT molecular complexity index is 481. The minimum absolute atomic E-state index is 0.328. The summed E-state index contributed by atoms with van der Waals surface area (Å²) in [5.41, 5.74) is 2.52. The largest absolute Gasteiger partial charge is 0.345 e. The van der Waals surface area contributed by atoms with Gasteiger partial charge in [0, 0.05) is 24.2 Å². The van der Waals surface area contributed by atoms with Crippen molar-refractivity contribution in [3.63, 3.8) is 0 Å². The second-order valence-electron chi connectivity index (χ2n) is 3.64. The van der Waals surface area contributed by atoms with E-state index in [9.17, 15) is 0 Å². The van der Waals surface area contributed by atoms with Gasteiger partial charge in [-0.25, -0.2) is 0 Å². The van der Waals surface area contributed by atoms with Gasteiger partial charge in [-0.05, 0) is 12.1 Å². The summed E-state index contributed by atoms with van der Waals surface area (Å²) in [6.45, 7) is 1.25. The third-order valence-corrected chi connectivity index (χ3v) is 2.51. The third kappa shape index (κ3) is 2.15. The Morgan fingerprint density at radius 1 is 1.00 bits per heavy atom. The first-order valence-corrected chi connectivity index (χ1v) is 5.39. The van der Waals surface area contributed by atoms with Crippen molar-refractivity contribution in [2.24, 2.45) is 0 Å². The fourth-order valence-electron chi connectivity index (χ4n) is 1.67. The van der Waals surface area contributed by atoms with Crippen LogP contribution in [0.2, 0.25) is 0 Å². The lowest BCUT2D eigenvalue weighted by Crippen LogP contribution is -2.00. The van der Waals surface area contributed by atoms with E-state index in [2.05, 4.69) is 15.0 Å². The molecule has 3 heterocycles. The molecule has 0 saturated carbocycles. The van der Waals surface area contributed by atoms with Crippen molar-refractivity contribution in [1.29, 1.82) is 0 Å². The van der Waals surface area contributed by atoms with Gasteiger partial charge in [0.05, 0.1) is 30.8 Å². The average Bonchev–Trinajstić information content (AvgIpc) is 2.94. The molecule has 3 rings (SSSR count). The smallest absolute Gasteiger partial charge is 0.201 e.